The highest BCUT2D eigenvalue weighted by atomic mass is 32.2. The van der Waals surface area contributed by atoms with Crippen molar-refractivity contribution in [2.45, 2.75) is 52.0 Å². The van der Waals surface area contributed by atoms with Gasteiger partial charge in [0.15, 0.2) is 0 Å². The average Bonchev–Trinajstić information content (AvgIpc) is 3.47. The molecule has 0 saturated carbocycles. The van der Waals surface area contributed by atoms with Crippen molar-refractivity contribution in [2.75, 3.05) is 44.6 Å². The van der Waals surface area contributed by atoms with Gasteiger partial charge in [0.2, 0.25) is 17.7 Å². The summed E-state index contributed by atoms with van der Waals surface area (Å²) in [5.41, 5.74) is 0.395. The first-order valence-electron chi connectivity index (χ1n) is 21.0. The normalized spacial score (nSPS) is 13.7. The van der Waals surface area contributed by atoms with Gasteiger partial charge in [0.25, 0.3) is 0 Å². The van der Waals surface area contributed by atoms with Gasteiger partial charge < -0.3 is 29.9 Å². The van der Waals surface area contributed by atoms with Gasteiger partial charge in [0.05, 0.1) is 17.9 Å². The lowest BCUT2D eigenvalue weighted by Crippen LogP contribution is -2.53. The van der Waals surface area contributed by atoms with Crippen molar-refractivity contribution in [1.29, 1.82) is 0 Å². The Bertz CT molecular complexity index is 2550. The largest absolute Gasteiger partial charge is 0.435 e. The van der Waals surface area contributed by atoms with Gasteiger partial charge in [-0.3, -0.25) is 14.4 Å². The maximum absolute atomic E-state index is 14.4. The fourth-order valence-corrected chi connectivity index (χ4v) is 9.32. The van der Waals surface area contributed by atoms with Gasteiger partial charge in [-0.25, -0.2) is 26.2 Å². The third-order valence-electron chi connectivity index (χ3n) is 10.5. The van der Waals surface area contributed by atoms with Crippen LogP contribution in [0.3, 0.4) is 0 Å². The Morgan fingerprint density at radius 2 is 0.971 bits per heavy atom. The molecule has 0 bridgehead atoms. The summed E-state index contributed by atoms with van der Waals surface area (Å²) >= 11 is 0. The number of benzene rings is 5. The minimum Gasteiger partial charge on any atom is -0.435 e. The highest BCUT2D eigenvalue weighted by Crippen LogP contribution is 2.41. The van der Waals surface area contributed by atoms with E-state index in [-0.39, 0.29) is 70.6 Å². The molecule has 1 aliphatic heterocycles. The molecule has 22 heteroatoms. The third-order valence-corrected chi connectivity index (χ3v) is 12.3. The van der Waals surface area contributed by atoms with Crippen molar-refractivity contribution < 1.29 is 67.4 Å². The van der Waals surface area contributed by atoms with Crippen molar-refractivity contribution in [3.8, 4) is 11.5 Å². The Morgan fingerprint density at radius 1 is 0.594 bits per heavy atom. The number of rotatable bonds is 21. The molecule has 3 amide bonds. The second kappa shape index (κ2) is 22.2. The van der Waals surface area contributed by atoms with Crippen LogP contribution in [-0.2, 0) is 37.4 Å². The molecule has 0 saturated heterocycles. The average molecular weight is 989 g/mol. The Hall–Kier alpha value is -7.36. The minimum absolute atomic E-state index is 0.0103. The quantitative estimate of drug-likeness (QED) is 0.0709. The van der Waals surface area contributed by atoms with Crippen molar-refractivity contribution in [2.24, 2.45) is 0 Å². The van der Waals surface area contributed by atoms with Crippen LogP contribution in [0.5, 0.6) is 11.5 Å². The summed E-state index contributed by atoms with van der Waals surface area (Å²) in [6, 6.07) is 18.2. The smallest absolute Gasteiger partial charge is 0.387 e. The number of likely N-dealkylation sites (N-methyl/N-ethyl adjacent to an activating group) is 2. The van der Waals surface area contributed by atoms with E-state index < -0.39 is 96.0 Å². The van der Waals surface area contributed by atoms with E-state index >= 15 is 0 Å². The number of carbonyl (C=O) groups is 3. The highest BCUT2D eigenvalue weighted by molar-refractivity contribution is 7.94. The molecular weight excluding hydrogens is 945 g/mol. The van der Waals surface area contributed by atoms with E-state index in [0.29, 0.717) is 12.1 Å². The summed E-state index contributed by atoms with van der Waals surface area (Å²) in [4.78, 5) is 44.8. The van der Waals surface area contributed by atoms with Crippen LogP contribution in [0.2, 0.25) is 0 Å². The molecule has 0 fully saturated rings. The number of alkyl halides is 4. The Balaban J connectivity index is 1.24. The van der Waals surface area contributed by atoms with Gasteiger partial charge in [0.1, 0.15) is 53.4 Å². The molecule has 0 aromatic heterocycles. The summed E-state index contributed by atoms with van der Waals surface area (Å²) in [6.45, 7) is -0.588. The fourth-order valence-electron chi connectivity index (χ4n) is 7.67. The van der Waals surface area contributed by atoms with E-state index in [1.807, 2.05) is 0 Å². The number of anilines is 4. The molecule has 366 valence electrons. The third kappa shape index (κ3) is 12.8. The van der Waals surface area contributed by atoms with Crippen LogP contribution in [-0.4, -0.2) is 77.6 Å². The van der Waals surface area contributed by atoms with Crippen LogP contribution in [0.4, 0.5) is 57.9 Å². The topological polar surface area (TPSA) is 141 Å². The van der Waals surface area contributed by atoms with Crippen LogP contribution in [0.15, 0.2) is 121 Å². The zero-order valence-corrected chi connectivity index (χ0v) is 37.5. The maximum Gasteiger partial charge on any atom is 0.387 e. The molecule has 5 aromatic carbocycles. The molecule has 0 spiro atoms. The van der Waals surface area contributed by atoms with Crippen LogP contribution in [0, 0.1) is 23.3 Å². The minimum atomic E-state index is -4.70. The summed E-state index contributed by atoms with van der Waals surface area (Å²) in [7, 11) is -4.70. The lowest BCUT2D eigenvalue weighted by molar-refractivity contribution is -0.126. The number of halogens is 8. The molecule has 5 aromatic rings. The van der Waals surface area contributed by atoms with Crippen molar-refractivity contribution in [3.05, 3.63) is 156 Å². The molecule has 6 rings (SSSR count). The van der Waals surface area contributed by atoms with Crippen molar-refractivity contribution in [1.82, 2.24) is 10.6 Å². The van der Waals surface area contributed by atoms with Gasteiger partial charge in [-0.05, 0) is 110 Å². The lowest BCUT2D eigenvalue weighted by atomic mass is 10.0. The molecule has 1 unspecified atom stereocenters. The van der Waals surface area contributed by atoms with Gasteiger partial charge in [-0.15, -0.1) is 0 Å². The van der Waals surface area contributed by atoms with E-state index in [0.717, 1.165) is 32.9 Å². The molecule has 1 aliphatic rings. The first kappa shape index (κ1) is 51.0. The van der Waals surface area contributed by atoms with Crippen LogP contribution in [0.25, 0.3) is 0 Å². The molecule has 69 heavy (non-hydrogen) atoms. The van der Waals surface area contributed by atoms with Crippen LogP contribution in [0.1, 0.15) is 25.0 Å². The number of hydrogen-bond acceptors (Lipinski definition) is 8. The van der Waals surface area contributed by atoms with Gasteiger partial charge in [0, 0.05) is 55.1 Å². The van der Waals surface area contributed by atoms with Crippen LogP contribution >= 0.6 is 0 Å². The predicted octanol–water partition coefficient (Wildman–Crippen LogP) is 7.87. The predicted molar refractivity (Wildman–Crippen MR) is 240 cm³/mol. The van der Waals surface area contributed by atoms with Gasteiger partial charge in [-0.2, -0.15) is 26.0 Å². The van der Waals surface area contributed by atoms with Crippen molar-refractivity contribution >= 4 is 50.7 Å². The fraction of sp³-hybridized carbons (Fsp3) is 0.255. The zero-order chi connectivity index (χ0) is 50.2. The molecular formula is C47H44F8N6O7S. The zero-order valence-electron chi connectivity index (χ0n) is 36.7. The Morgan fingerprint density at radius 3 is 1.35 bits per heavy atom. The van der Waals surface area contributed by atoms with Gasteiger partial charge in [-0.1, -0.05) is 18.7 Å². The van der Waals surface area contributed by atoms with E-state index in [4.69, 9.17) is 0 Å². The number of nitrogens with one attached hydrogen (secondary N) is 2. The number of hydrogen-bond donors (Lipinski definition) is 2. The number of nitrogens with zero attached hydrogens (tertiary/aromatic N) is 4. The molecule has 2 atom stereocenters. The highest BCUT2D eigenvalue weighted by Gasteiger charge is 2.42. The van der Waals surface area contributed by atoms with E-state index in [1.165, 1.54) is 82.6 Å². The number of ether oxygens (including phenoxy) is 2. The number of amides is 3. The monoisotopic (exact) mass is 988 g/mol. The SMILES string of the molecule is C=C(CN1c2ccccc2N(CC(=O)N[C@@H](Cc2cc(F)cc(F)c2)C(=O)N(CC)c2ccc(OC(F)F)cc2)S1(=O)=O)NC(Cc1cc(F)cc(F)c1)C(=O)N(CC)c1ccc(OC(F)F)cc1. The Labute approximate surface area is 391 Å². The first-order valence-corrected chi connectivity index (χ1v) is 22.4. The molecule has 2 N–H and O–H groups in total. The van der Waals surface area contributed by atoms with E-state index in [2.05, 4.69) is 26.7 Å². The second-order valence-electron chi connectivity index (χ2n) is 15.3. The second-order valence-corrected chi connectivity index (χ2v) is 17.1. The van der Waals surface area contributed by atoms with E-state index in [9.17, 15) is 57.9 Å². The number of para-hydroxylation sites is 2. The summed E-state index contributed by atoms with van der Waals surface area (Å²) in [5.74, 6) is -6.73. The van der Waals surface area contributed by atoms with Crippen molar-refractivity contribution in [3.63, 3.8) is 0 Å². The molecule has 13 nitrogen and oxygen atoms in total. The maximum atomic E-state index is 14.4. The number of carbonyl (C=O) groups excluding carboxylic acids is 3. The van der Waals surface area contributed by atoms with E-state index in [1.54, 1.807) is 13.8 Å². The molecule has 0 radical (unpaired) electrons. The summed E-state index contributed by atoms with van der Waals surface area (Å²) in [5, 5.41) is 5.39. The summed E-state index contributed by atoms with van der Waals surface area (Å²) < 4.78 is 148. The number of fused-ring (bicyclic) bond motifs is 1. The van der Waals surface area contributed by atoms with Gasteiger partial charge >= 0.3 is 23.4 Å². The van der Waals surface area contributed by atoms with Crippen LogP contribution < -0.4 is 38.5 Å². The summed E-state index contributed by atoms with van der Waals surface area (Å²) in [6.07, 6.45) is -0.819. The lowest BCUT2D eigenvalue weighted by Gasteiger charge is -2.30. The molecule has 1 heterocycles. The first-order chi connectivity index (χ1) is 32.7. The molecule has 0 aliphatic carbocycles. The Kier molecular flexibility index (Phi) is 16.4. The standard InChI is InChI=1S/C47H44F8N6O7S/c1-4-58(35-10-14-37(15-11-35)67-46(52)53)44(63)39(22-29-18-31(48)24-32(49)19-29)56-28(3)26-60-41-8-6-7-9-42(41)61(69(60,65)66)27-43(62)57-40(23-30-20-33(50)25-34(51)21-30)45(64)59(5-2)36-12-16-38(17-13-36)68-47(54)55/h6-21,24-25,39-40,46-47,56H,3-5,22-23,26-27H2,1-2H3,(H,57,62)/t39?,40-/m0/s1.